The van der Waals surface area contributed by atoms with E-state index in [0.29, 0.717) is 16.9 Å². The molecule has 0 aliphatic rings. The van der Waals surface area contributed by atoms with Gasteiger partial charge in [-0.25, -0.2) is 4.39 Å². The molecule has 0 aromatic heterocycles. The lowest BCUT2D eigenvalue weighted by Crippen LogP contribution is -1.91. The van der Waals surface area contributed by atoms with E-state index in [1.54, 1.807) is 31.4 Å². The molecule has 0 unspecified atom stereocenters. The molecule has 0 aliphatic heterocycles. The molecule has 4 heteroatoms. The summed E-state index contributed by atoms with van der Waals surface area (Å²) in [5.74, 6) is 0.162. The predicted molar refractivity (Wildman–Crippen MR) is 71.1 cm³/mol. The highest BCUT2D eigenvalue weighted by Crippen LogP contribution is 2.35. The van der Waals surface area contributed by atoms with E-state index in [1.165, 1.54) is 6.07 Å². The Balaban J connectivity index is 2.64. The number of methoxy groups -OCH3 is 1. The zero-order valence-electron chi connectivity index (χ0n) is 9.01. The van der Waals surface area contributed by atoms with Crippen LogP contribution in [-0.4, -0.2) is 7.11 Å². The summed E-state index contributed by atoms with van der Waals surface area (Å²) in [6.45, 7) is 0. The first-order chi connectivity index (χ1) is 8.13. The Morgan fingerprint density at radius 3 is 2.65 bits per heavy atom. The largest absolute Gasteiger partial charge is 0.496 e. The summed E-state index contributed by atoms with van der Waals surface area (Å²) in [7, 11) is 1.55. The van der Waals surface area contributed by atoms with Crippen LogP contribution >= 0.6 is 27.5 Å². The minimum absolute atomic E-state index is 0.104. The molecular weight excluding hydrogens is 306 g/mol. The van der Waals surface area contributed by atoms with E-state index in [9.17, 15) is 4.39 Å². The minimum Gasteiger partial charge on any atom is -0.496 e. The fourth-order valence-electron chi connectivity index (χ4n) is 1.60. The summed E-state index contributed by atoms with van der Waals surface area (Å²) >= 11 is 9.11. The minimum atomic E-state index is -0.435. The summed E-state index contributed by atoms with van der Waals surface area (Å²) in [5.41, 5.74) is 1.11. The molecule has 88 valence electrons. The Morgan fingerprint density at radius 2 is 1.94 bits per heavy atom. The van der Waals surface area contributed by atoms with Crippen molar-refractivity contribution in [1.82, 2.24) is 0 Å². The van der Waals surface area contributed by atoms with Crippen molar-refractivity contribution >= 4 is 27.5 Å². The third kappa shape index (κ3) is 2.45. The summed E-state index contributed by atoms with van der Waals surface area (Å²) in [4.78, 5) is 0. The average molecular weight is 316 g/mol. The standard InChI is InChI=1S/C13H9BrClFO/c1-17-12-7-8(14)5-6-9(12)10-3-2-4-11(15)13(10)16/h2-7H,1H3. The fourth-order valence-corrected chi connectivity index (χ4v) is 2.11. The third-order valence-electron chi connectivity index (χ3n) is 2.41. The monoisotopic (exact) mass is 314 g/mol. The lowest BCUT2D eigenvalue weighted by Gasteiger charge is -2.10. The molecule has 1 nitrogen and oxygen atoms in total. The zero-order chi connectivity index (χ0) is 12.4. The number of ether oxygens (including phenoxy) is 1. The van der Waals surface area contributed by atoms with Gasteiger partial charge in [-0.1, -0.05) is 39.7 Å². The smallest absolute Gasteiger partial charge is 0.149 e. The van der Waals surface area contributed by atoms with Crippen molar-refractivity contribution in [2.24, 2.45) is 0 Å². The predicted octanol–water partition coefficient (Wildman–Crippen LogP) is 4.92. The number of rotatable bonds is 2. The molecule has 2 rings (SSSR count). The molecular formula is C13H9BrClFO. The van der Waals surface area contributed by atoms with E-state index in [1.807, 2.05) is 6.07 Å². The van der Waals surface area contributed by atoms with Gasteiger partial charge < -0.3 is 4.74 Å². The molecule has 0 atom stereocenters. The van der Waals surface area contributed by atoms with Crippen LogP contribution in [0.1, 0.15) is 0 Å². The second kappa shape index (κ2) is 5.07. The molecule has 2 aromatic rings. The van der Waals surface area contributed by atoms with Gasteiger partial charge in [-0.15, -0.1) is 0 Å². The van der Waals surface area contributed by atoms with Crippen LogP contribution in [0.4, 0.5) is 4.39 Å². The van der Waals surface area contributed by atoms with E-state index in [-0.39, 0.29) is 5.02 Å². The van der Waals surface area contributed by atoms with Gasteiger partial charge in [0.05, 0.1) is 12.1 Å². The van der Waals surface area contributed by atoms with Crippen LogP contribution in [0.2, 0.25) is 5.02 Å². The van der Waals surface area contributed by atoms with Crippen molar-refractivity contribution in [3.8, 4) is 16.9 Å². The third-order valence-corrected chi connectivity index (χ3v) is 3.19. The van der Waals surface area contributed by atoms with Gasteiger partial charge >= 0.3 is 0 Å². The normalized spacial score (nSPS) is 10.4. The van der Waals surface area contributed by atoms with Crippen molar-refractivity contribution in [3.63, 3.8) is 0 Å². The van der Waals surface area contributed by atoms with Gasteiger partial charge in [-0.3, -0.25) is 0 Å². The Hall–Kier alpha value is -1.06. The topological polar surface area (TPSA) is 9.23 Å². The number of hydrogen-bond acceptors (Lipinski definition) is 1. The molecule has 0 N–H and O–H groups in total. The van der Waals surface area contributed by atoms with E-state index in [4.69, 9.17) is 16.3 Å². The van der Waals surface area contributed by atoms with Gasteiger partial charge in [0.1, 0.15) is 11.6 Å². The Bertz CT molecular complexity index is 557. The van der Waals surface area contributed by atoms with E-state index >= 15 is 0 Å². The average Bonchev–Trinajstić information content (AvgIpc) is 2.33. The highest BCUT2D eigenvalue weighted by atomic mass is 79.9. The second-order valence-corrected chi connectivity index (χ2v) is 4.77. The van der Waals surface area contributed by atoms with Crippen molar-refractivity contribution < 1.29 is 9.13 Å². The quantitative estimate of drug-likeness (QED) is 0.764. The fraction of sp³-hybridized carbons (Fsp3) is 0.0769. The van der Waals surface area contributed by atoms with Crippen LogP contribution in [0.25, 0.3) is 11.1 Å². The molecule has 0 heterocycles. The van der Waals surface area contributed by atoms with Gasteiger partial charge in [-0.2, -0.15) is 0 Å². The molecule has 0 radical (unpaired) electrons. The highest BCUT2D eigenvalue weighted by Gasteiger charge is 2.12. The number of halogens is 3. The van der Waals surface area contributed by atoms with Crippen LogP contribution < -0.4 is 4.74 Å². The molecule has 0 spiro atoms. The summed E-state index contributed by atoms with van der Waals surface area (Å²) in [6.07, 6.45) is 0. The molecule has 0 amide bonds. The van der Waals surface area contributed by atoms with Crippen LogP contribution in [0.15, 0.2) is 40.9 Å². The first-order valence-corrected chi connectivity index (χ1v) is 6.08. The highest BCUT2D eigenvalue weighted by molar-refractivity contribution is 9.10. The van der Waals surface area contributed by atoms with Crippen molar-refractivity contribution in [1.29, 1.82) is 0 Å². The van der Waals surface area contributed by atoms with Gasteiger partial charge in [0.2, 0.25) is 0 Å². The SMILES string of the molecule is COc1cc(Br)ccc1-c1cccc(Cl)c1F. The van der Waals surface area contributed by atoms with Crippen molar-refractivity contribution in [2.45, 2.75) is 0 Å². The van der Waals surface area contributed by atoms with E-state index in [2.05, 4.69) is 15.9 Å². The second-order valence-electron chi connectivity index (χ2n) is 3.45. The van der Waals surface area contributed by atoms with Crippen molar-refractivity contribution in [2.75, 3.05) is 7.11 Å². The van der Waals surface area contributed by atoms with E-state index < -0.39 is 5.82 Å². The molecule has 0 bridgehead atoms. The maximum atomic E-state index is 13.9. The Labute approximate surface area is 112 Å². The first-order valence-electron chi connectivity index (χ1n) is 4.91. The molecule has 0 saturated carbocycles. The Kier molecular flexibility index (Phi) is 3.69. The van der Waals surface area contributed by atoms with Gasteiger partial charge in [0.25, 0.3) is 0 Å². The maximum absolute atomic E-state index is 13.9. The van der Waals surface area contributed by atoms with Crippen LogP contribution in [-0.2, 0) is 0 Å². The lowest BCUT2D eigenvalue weighted by atomic mass is 10.0. The van der Waals surface area contributed by atoms with E-state index in [0.717, 1.165) is 4.47 Å². The summed E-state index contributed by atoms with van der Waals surface area (Å²) in [5, 5.41) is 0.104. The van der Waals surface area contributed by atoms with Crippen LogP contribution in [0, 0.1) is 5.82 Å². The van der Waals surface area contributed by atoms with Gasteiger partial charge in [0, 0.05) is 15.6 Å². The van der Waals surface area contributed by atoms with Crippen LogP contribution in [0.3, 0.4) is 0 Å². The summed E-state index contributed by atoms with van der Waals surface area (Å²) < 4.78 is 20.0. The molecule has 2 aromatic carbocycles. The first kappa shape index (κ1) is 12.4. The number of benzene rings is 2. The molecule has 0 fully saturated rings. The van der Waals surface area contributed by atoms with Crippen molar-refractivity contribution in [3.05, 3.63) is 51.7 Å². The van der Waals surface area contributed by atoms with Gasteiger partial charge in [0.15, 0.2) is 0 Å². The zero-order valence-corrected chi connectivity index (χ0v) is 11.3. The molecule has 17 heavy (non-hydrogen) atoms. The lowest BCUT2D eigenvalue weighted by molar-refractivity contribution is 0.416. The number of hydrogen-bond donors (Lipinski definition) is 0. The molecule has 0 saturated heterocycles. The molecule has 0 aliphatic carbocycles. The van der Waals surface area contributed by atoms with Gasteiger partial charge in [-0.05, 0) is 24.3 Å². The summed E-state index contributed by atoms with van der Waals surface area (Å²) in [6, 6.07) is 10.3. The Morgan fingerprint density at radius 1 is 1.18 bits per heavy atom. The maximum Gasteiger partial charge on any atom is 0.149 e. The van der Waals surface area contributed by atoms with Crippen LogP contribution in [0.5, 0.6) is 5.75 Å².